The van der Waals surface area contributed by atoms with Gasteiger partial charge in [-0.3, -0.25) is 24.2 Å². The Morgan fingerprint density at radius 3 is 2.09 bits per heavy atom. The molecule has 0 spiro atoms. The number of aromatic amines is 1. The van der Waals surface area contributed by atoms with E-state index in [1.165, 1.54) is 0 Å². The number of nitrogens with one attached hydrogen (secondary N) is 4. The lowest BCUT2D eigenvalue weighted by Crippen LogP contribution is -2.58. The molecule has 0 aliphatic carbocycles. The van der Waals surface area contributed by atoms with Crippen molar-refractivity contribution in [2.75, 3.05) is 6.54 Å². The molecule has 0 fully saturated rings. The topological polar surface area (TPSA) is 274 Å². The summed E-state index contributed by atoms with van der Waals surface area (Å²) in [5.41, 5.74) is 24.4. The minimum atomic E-state index is -1.53. The number of amides is 4. The Morgan fingerprint density at radius 2 is 1.42 bits per heavy atom. The van der Waals surface area contributed by atoms with Crippen LogP contribution in [0.2, 0.25) is 0 Å². The third-order valence-electron chi connectivity index (χ3n) is 6.97. The van der Waals surface area contributed by atoms with E-state index < -0.39 is 60.2 Å². The monoisotopic (exact) mass is 621 g/mol. The molecular formula is C30H39N9O6. The molecule has 0 bridgehead atoms. The third kappa shape index (κ3) is 10.7. The van der Waals surface area contributed by atoms with Gasteiger partial charge >= 0.3 is 5.97 Å². The summed E-state index contributed by atoms with van der Waals surface area (Å²) in [6, 6.07) is 11.4. The maximum atomic E-state index is 13.6. The highest BCUT2D eigenvalue weighted by atomic mass is 16.4. The molecule has 3 aromatic rings. The molecule has 4 amide bonds. The number of para-hydroxylation sites is 1. The highest BCUT2D eigenvalue weighted by Crippen LogP contribution is 2.19. The number of carbonyl (C=O) groups is 5. The van der Waals surface area contributed by atoms with Crippen LogP contribution >= 0.6 is 0 Å². The maximum absolute atomic E-state index is 13.6. The van der Waals surface area contributed by atoms with Crippen LogP contribution in [0.3, 0.4) is 0 Å². The van der Waals surface area contributed by atoms with Gasteiger partial charge in [-0.2, -0.15) is 0 Å². The molecule has 15 nitrogen and oxygen atoms in total. The van der Waals surface area contributed by atoms with Crippen molar-refractivity contribution in [1.82, 2.24) is 20.9 Å². The maximum Gasteiger partial charge on any atom is 0.326 e. The molecule has 1 aromatic heterocycles. The van der Waals surface area contributed by atoms with E-state index in [4.69, 9.17) is 22.9 Å². The molecule has 15 heteroatoms. The van der Waals surface area contributed by atoms with E-state index in [2.05, 4.69) is 25.9 Å². The highest BCUT2D eigenvalue weighted by molar-refractivity contribution is 5.96. The molecule has 0 aliphatic rings. The number of carboxylic acids is 1. The molecule has 45 heavy (non-hydrogen) atoms. The molecule has 0 saturated carbocycles. The van der Waals surface area contributed by atoms with Crippen molar-refractivity contribution in [3.63, 3.8) is 0 Å². The van der Waals surface area contributed by atoms with E-state index in [9.17, 15) is 29.1 Å². The SMILES string of the molecule is NC(=O)CC(NC(=O)C(Cc1c[nH]c2ccccc12)NC(=O)C(N)Cc1ccccc1)C(=O)NC(CCCN=C(N)N)C(=O)O. The van der Waals surface area contributed by atoms with Gasteiger partial charge in [0, 0.05) is 30.1 Å². The number of aliphatic imine (C=N–C) groups is 1. The molecular weight excluding hydrogens is 582 g/mol. The van der Waals surface area contributed by atoms with Crippen LogP contribution in [0.1, 0.15) is 30.4 Å². The Balaban J connectivity index is 1.80. The fourth-order valence-electron chi connectivity index (χ4n) is 4.69. The molecule has 0 aliphatic heterocycles. The van der Waals surface area contributed by atoms with E-state index in [0.717, 1.165) is 16.5 Å². The zero-order chi connectivity index (χ0) is 32.9. The summed E-state index contributed by atoms with van der Waals surface area (Å²) in [7, 11) is 0. The summed E-state index contributed by atoms with van der Waals surface area (Å²) in [5, 5.41) is 17.9. The van der Waals surface area contributed by atoms with E-state index in [1.807, 2.05) is 54.6 Å². The predicted octanol–water partition coefficient (Wildman–Crippen LogP) is -1.25. The first-order valence-electron chi connectivity index (χ1n) is 14.3. The Hall–Kier alpha value is -5.44. The highest BCUT2D eigenvalue weighted by Gasteiger charge is 2.31. The number of rotatable bonds is 17. The number of nitrogens with zero attached hydrogens (tertiary/aromatic N) is 1. The average molecular weight is 622 g/mol. The largest absolute Gasteiger partial charge is 0.480 e. The second-order valence-electron chi connectivity index (χ2n) is 10.5. The van der Waals surface area contributed by atoms with Crippen molar-refractivity contribution < 1.29 is 29.1 Å². The van der Waals surface area contributed by atoms with E-state index >= 15 is 0 Å². The number of H-pyrrole nitrogens is 1. The fourth-order valence-corrected chi connectivity index (χ4v) is 4.69. The number of hydrogen-bond acceptors (Lipinski definition) is 7. The standard InChI is InChI=1S/C30H39N9O6/c31-20(13-17-7-2-1-3-8-17)26(41)38-23(14-18-16-36-21-10-5-4-9-19(18)21)27(42)39-24(15-25(32)40)28(43)37-22(29(44)45)11-6-12-35-30(33)34/h1-5,7-10,16,20,22-24,36H,6,11-15,31H2,(H2,32,40)(H,37,43)(H,38,41)(H,39,42)(H,44,45)(H4,33,34,35). The molecule has 1 heterocycles. The van der Waals surface area contributed by atoms with Crippen molar-refractivity contribution in [3.05, 3.63) is 71.9 Å². The Kier molecular flexibility index (Phi) is 12.4. The van der Waals surface area contributed by atoms with Gasteiger partial charge in [0.1, 0.15) is 18.1 Å². The molecule has 240 valence electrons. The summed E-state index contributed by atoms with van der Waals surface area (Å²) < 4.78 is 0. The van der Waals surface area contributed by atoms with Gasteiger partial charge in [-0.25, -0.2) is 4.79 Å². The second kappa shape index (κ2) is 16.4. The van der Waals surface area contributed by atoms with Gasteiger partial charge in [-0.1, -0.05) is 48.5 Å². The van der Waals surface area contributed by atoms with Crippen LogP contribution in [0.4, 0.5) is 0 Å². The number of guanidine groups is 1. The first kappa shape index (κ1) is 34.1. The van der Waals surface area contributed by atoms with Gasteiger partial charge in [0.2, 0.25) is 23.6 Å². The summed E-state index contributed by atoms with van der Waals surface area (Å²) in [6.45, 7) is 0.130. The number of primary amides is 1. The van der Waals surface area contributed by atoms with Crippen LogP contribution in [-0.2, 0) is 36.8 Å². The first-order chi connectivity index (χ1) is 21.4. The van der Waals surface area contributed by atoms with Crippen molar-refractivity contribution in [2.24, 2.45) is 27.9 Å². The first-order valence-corrected chi connectivity index (χ1v) is 14.3. The van der Waals surface area contributed by atoms with Crippen LogP contribution in [0.15, 0.2) is 65.8 Å². The summed E-state index contributed by atoms with van der Waals surface area (Å²) in [6.07, 6.45) is 1.48. The van der Waals surface area contributed by atoms with E-state index in [-0.39, 0.29) is 38.2 Å². The van der Waals surface area contributed by atoms with Gasteiger partial charge < -0.3 is 49.0 Å². The van der Waals surface area contributed by atoms with Gasteiger partial charge in [0.25, 0.3) is 0 Å². The lowest BCUT2D eigenvalue weighted by Gasteiger charge is -2.25. The third-order valence-corrected chi connectivity index (χ3v) is 6.97. The molecule has 0 radical (unpaired) electrons. The van der Waals surface area contributed by atoms with Crippen LogP contribution < -0.4 is 38.9 Å². The number of hydrogen-bond donors (Lipinski definition) is 9. The van der Waals surface area contributed by atoms with Crippen molar-refractivity contribution in [1.29, 1.82) is 0 Å². The van der Waals surface area contributed by atoms with Crippen molar-refractivity contribution >= 4 is 46.5 Å². The van der Waals surface area contributed by atoms with Crippen LogP contribution in [0, 0.1) is 0 Å². The summed E-state index contributed by atoms with van der Waals surface area (Å²) in [5.74, 6) is -4.78. The van der Waals surface area contributed by atoms with Gasteiger partial charge in [-0.15, -0.1) is 0 Å². The minimum absolute atomic E-state index is 0.00704. The molecule has 3 rings (SSSR count). The fraction of sp³-hybridized carbons (Fsp3) is 0.333. The van der Waals surface area contributed by atoms with Crippen LogP contribution in [0.25, 0.3) is 10.9 Å². The van der Waals surface area contributed by atoms with E-state index in [1.54, 1.807) is 6.20 Å². The summed E-state index contributed by atoms with van der Waals surface area (Å²) in [4.78, 5) is 70.5. The van der Waals surface area contributed by atoms with Gasteiger partial charge in [0.15, 0.2) is 5.96 Å². The molecule has 2 aromatic carbocycles. The number of fused-ring (bicyclic) bond motifs is 1. The van der Waals surface area contributed by atoms with Crippen LogP contribution in [-0.4, -0.2) is 76.4 Å². The molecule has 4 unspecified atom stereocenters. The van der Waals surface area contributed by atoms with Crippen molar-refractivity contribution in [2.45, 2.75) is 56.3 Å². The average Bonchev–Trinajstić information content (AvgIpc) is 3.40. The lowest BCUT2D eigenvalue weighted by molar-refractivity contribution is -0.142. The Labute approximate surface area is 259 Å². The van der Waals surface area contributed by atoms with Gasteiger partial charge in [-0.05, 0) is 36.5 Å². The molecule has 13 N–H and O–H groups in total. The number of carbonyl (C=O) groups excluding carboxylic acids is 4. The van der Waals surface area contributed by atoms with E-state index in [0.29, 0.717) is 5.56 Å². The predicted molar refractivity (Wildman–Crippen MR) is 167 cm³/mol. The zero-order valence-corrected chi connectivity index (χ0v) is 24.6. The Morgan fingerprint density at radius 1 is 0.800 bits per heavy atom. The number of aliphatic carboxylic acids is 1. The van der Waals surface area contributed by atoms with Crippen LogP contribution in [0.5, 0.6) is 0 Å². The van der Waals surface area contributed by atoms with Crippen molar-refractivity contribution in [3.8, 4) is 0 Å². The number of benzene rings is 2. The second-order valence-corrected chi connectivity index (χ2v) is 10.5. The normalized spacial score (nSPS) is 13.5. The number of nitrogens with two attached hydrogens (primary N) is 4. The number of carboxylic acid groups (broad SMARTS) is 1. The smallest absolute Gasteiger partial charge is 0.326 e. The minimum Gasteiger partial charge on any atom is -0.480 e. The Bertz CT molecular complexity index is 1520. The number of aromatic nitrogens is 1. The molecule has 4 atom stereocenters. The molecule has 0 saturated heterocycles. The summed E-state index contributed by atoms with van der Waals surface area (Å²) >= 11 is 0. The zero-order valence-electron chi connectivity index (χ0n) is 24.6. The van der Waals surface area contributed by atoms with Gasteiger partial charge in [0.05, 0.1) is 12.5 Å². The lowest BCUT2D eigenvalue weighted by atomic mass is 10.0. The quantitative estimate of drug-likeness (QED) is 0.0494.